The van der Waals surface area contributed by atoms with Crippen molar-refractivity contribution in [3.8, 4) is 0 Å². The third-order valence-corrected chi connectivity index (χ3v) is 4.02. The summed E-state index contributed by atoms with van der Waals surface area (Å²) < 4.78 is 0. The monoisotopic (exact) mass is 292 g/mol. The van der Waals surface area contributed by atoms with Gasteiger partial charge in [0.25, 0.3) is 0 Å². The second-order valence-corrected chi connectivity index (χ2v) is 6.90. The van der Waals surface area contributed by atoms with Crippen LogP contribution in [0.2, 0.25) is 0 Å². The molecule has 0 radical (unpaired) electrons. The highest BCUT2D eigenvalue weighted by Gasteiger charge is 2.24. The zero-order chi connectivity index (χ0) is 15.5. The van der Waals surface area contributed by atoms with Gasteiger partial charge in [-0.25, -0.2) is 9.97 Å². The smallest absolute Gasteiger partial charge is 0.138 e. The van der Waals surface area contributed by atoms with Gasteiger partial charge in [0.05, 0.1) is 0 Å². The fraction of sp³-hybridized carbons (Fsp3) is 0.750. The van der Waals surface area contributed by atoms with E-state index in [0.717, 1.165) is 43.4 Å². The number of nitrogens with one attached hydrogen (secondary N) is 1. The van der Waals surface area contributed by atoms with Gasteiger partial charge >= 0.3 is 0 Å². The molecule has 1 aromatic rings. The standard InChI is InChI=1S/C16H28N4O/c1-16(2,3)15-18-13(17-4)10-14(19-15)20-8-5-6-12(11-20)7-9-21/h10,12,21H,5-9,11H2,1-4H3,(H,17,18,19). The Bertz CT molecular complexity index is 468. The molecule has 5 heteroatoms. The van der Waals surface area contributed by atoms with Crippen LogP contribution in [0.1, 0.15) is 45.9 Å². The molecule has 0 aromatic carbocycles. The molecule has 1 atom stereocenters. The van der Waals surface area contributed by atoms with Gasteiger partial charge in [-0.15, -0.1) is 0 Å². The van der Waals surface area contributed by atoms with E-state index < -0.39 is 0 Å². The topological polar surface area (TPSA) is 61.3 Å². The highest BCUT2D eigenvalue weighted by atomic mass is 16.3. The highest BCUT2D eigenvalue weighted by molar-refractivity contribution is 5.50. The summed E-state index contributed by atoms with van der Waals surface area (Å²) in [7, 11) is 1.89. The summed E-state index contributed by atoms with van der Waals surface area (Å²) in [6.45, 7) is 8.69. The summed E-state index contributed by atoms with van der Waals surface area (Å²) in [5, 5.41) is 12.3. The molecule has 0 bridgehead atoms. The average Bonchev–Trinajstić information content (AvgIpc) is 2.46. The number of piperidine rings is 1. The van der Waals surface area contributed by atoms with Crippen molar-refractivity contribution in [3.05, 3.63) is 11.9 Å². The first-order valence-electron chi connectivity index (χ1n) is 7.87. The van der Waals surface area contributed by atoms with Crippen molar-refractivity contribution in [3.63, 3.8) is 0 Å². The average molecular weight is 292 g/mol. The van der Waals surface area contributed by atoms with Gasteiger partial charge < -0.3 is 15.3 Å². The van der Waals surface area contributed by atoms with Crippen LogP contribution in [0, 0.1) is 5.92 Å². The minimum Gasteiger partial charge on any atom is -0.396 e. The van der Waals surface area contributed by atoms with Crippen molar-refractivity contribution in [1.82, 2.24) is 9.97 Å². The van der Waals surface area contributed by atoms with E-state index in [2.05, 4.69) is 36.0 Å². The van der Waals surface area contributed by atoms with Crippen LogP contribution in [-0.2, 0) is 5.41 Å². The Morgan fingerprint density at radius 3 is 2.76 bits per heavy atom. The van der Waals surface area contributed by atoms with E-state index in [9.17, 15) is 0 Å². The molecule has 0 saturated carbocycles. The molecule has 1 fully saturated rings. The lowest BCUT2D eigenvalue weighted by Gasteiger charge is -2.34. The zero-order valence-corrected chi connectivity index (χ0v) is 13.7. The summed E-state index contributed by atoms with van der Waals surface area (Å²) in [5.74, 6) is 3.31. The third-order valence-electron chi connectivity index (χ3n) is 4.02. The molecule has 1 aromatic heterocycles. The van der Waals surface area contributed by atoms with Gasteiger partial charge in [0.15, 0.2) is 0 Å². The molecule has 1 aliphatic rings. The third kappa shape index (κ3) is 4.06. The fourth-order valence-corrected chi connectivity index (χ4v) is 2.75. The second-order valence-electron chi connectivity index (χ2n) is 6.90. The molecule has 21 heavy (non-hydrogen) atoms. The van der Waals surface area contributed by atoms with Gasteiger partial charge in [0.2, 0.25) is 0 Å². The van der Waals surface area contributed by atoms with E-state index in [4.69, 9.17) is 10.1 Å². The summed E-state index contributed by atoms with van der Waals surface area (Å²) in [4.78, 5) is 11.7. The van der Waals surface area contributed by atoms with Gasteiger partial charge in [0.1, 0.15) is 17.5 Å². The van der Waals surface area contributed by atoms with Crippen LogP contribution in [0.4, 0.5) is 11.6 Å². The predicted octanol–water partition coefficient (Wildman–Crippen LogP) is 2.41. The fourth-order valence-electron chi connectivity index (χ4n) is 2.75. The number of anilines is 2. The number of aliphatic hydroxyl groups excluding tert-OH is 1. The molecule has 118 valence electrons. The van der Waals surface area contributed by atoms with E-state index in [1.807, 2.05) is 13.1 Å². The number of rotatable bonds is 4. The van der Waals surface area contributed by atoms with E-state index in [0.29, 0.717) is 5.92 Å². The summed E-state index contributed by atoms with van der Waals surface area (Å²) >= 11 is 0. The summed E-state index contributed by atoms with van der Waals surface area (Å²) in [6.07, 6.45) is 3.24. The molecule has 2 heterocycles. The van der Waals surface area contributed by atoms with Gasteiger partial charge in [0, 0.05) is 38.2 Å². The Hall–Kier alpha value is -1.36. The minimum absolute atomic E-state index is 0.0676. The minimum atomic E-state index is -0.0676. The van der Waals surface area contributed by atoms with Crippen LogP contribution < -0.4 is 10.2 Å². The first-order chi connectivity index (χ1) is 9.94. The van der Waals surface area contributed by atoms with Crippen molar-refractivity contribution in [2.75, 3.05) is 37.0 Å². The van der Waals surface area contributed by atoms with Crippen molar-refractivity contribution in [1.29, 1.82) is 0 Å². The van der Waals surface area contributed by atoms with Crippen LogP contribution in [-0.4, -0.2) is 41.8 Å². The Labute approximate surface area is 127 Å². The van der Waals surface area contributed by atoms with E-state index in [1.165, 1.54) is 6.42 Å². The van der Waals surface area contributed by atoms with Crippen molar-refractivity contribution in [2.45, 2.75) is 45.4 Å². The quantitative estimate of drug-likeness (QED) is 0.892. The molecule has 0 aliphatic carbocycles. The Kier molecular flexibility index (Phi) is 5.04. The van der Waals surface area contributed by atoms with E-state index in [-0.39, 0.29) is 12.0 Å². The molecule has 0 spiro atoms. The first kappa shape index (κ1) is 16.0. The van der Waals surface area contributed by atoms with Gasteiger partial charge in [-0.3, -0.25) is 0 Å². The first-order valence-corrected chi connectivity index (χ1v) is 7.87. The Morgan fingerprint density at radius 1 is 1.38 bits per heavy atom. The maximum atomic E-state index is 9.15. The van der Waals surface area contributed by atoms with Gasteiger partial charge in [-0.05, 0) is 25.2 Å². The summed E-state index contributed by atoms with van der Waals surface area (Å²) in [5.41, 5.74) is -0.0676. The number of hydrogen-bond acceptors (Lipinski definition) is 5. The number of hydrogen-bond donors (Lipinski definition) is 2. The molecule has 1 aliphatic heterocycles. The summed E-state index contributed by atoms with van der Waals surface area (Å²) in [6, 6.07) is 2.02. The largest absolute Gasteiger partial charge is 0.396 e. The molecule has 0 amide bonds. The van der Waals surface area contributed by atoms with E-state index >= 15 is 0 Å². The Morgan fingerprint density at radius 2 is 2.14 bits per heavy atom. The van der Waals surface area contributed by atoms with Crippen LogP contribution in [0.5, 0.6) is 0 Å². The lowest BCUT2D eigenvalue weighted by Crippen LogP contribution is -2.37. The lowest BCUT2D eigenvalue weighted by atomic mass is 9.94. The van der Waals surface area contributed by atoms with Crippen LogP contribution >= 0.6 is 0 Å². The van der Waals surface area contributed by atoms with Crippen LogP contribution in [0.3, 0.4) is 0 Å². The highest BCUT2D eigenvalue weighted by Crippen LogP contribution is 2.27. The molecule has 1 unspecified atom stereocenters. The lowest BCUT2D eigenvalue weighted by molar-refractivity contribution is 0.244. The van der Waals surface area contributed by atoms with Crippen molar-refractivity contribution < 1.29 is 5.11 Å². The van der Waals surface area contributed by atoms with Crippen molar-refractivity contribution >= 4 is 11.6 Å². The molecular weight excluding hydrogens is 264 g/mol. The van der Waals surface area contributed by atoms with E-state index in [1.54, 1.807) is 0 Å². The van der Waals surface area contributed by atoms with Crippen LogP contribution in [0.25, 0.3) is 0 Å². The van der Waals surface area contributed by atoms with Crippen molar-refractivity contribution in [2.24, 2.45) is 5.92 Å². The van der Waals surface area contributed by atoms with Crippen LogP contribution in [0.15, 0.2) is 6.07 Å². The predicted molar refractivity (Wildman–Crippen MR) is 86.9 cm³/mol. The normalized spacial score (nSPS) is 19.7. The Balaban J connectivity index is 2.25. The molecule has 5 nitrogen and oxygen atoms in total. The number of nitrogens with zero attached hydrogens (tertiary/aromatic N) is 3. The van der Waals surface area contributed by atoms with Gasteiger partial charge in [-0.1, -0.05) is 20.8 Å². The maximum Gasteiger partial charge on any atom is 0.138 e. The second kappa shape index (κ2) is 6.60. The maximum absolute atomic E-state index is 9.15. The molecule has 2 N–H and O–H groups in total. The SMILES string of the molecule is CNc1cc(N2CCCC(CCO)C2)nc(C(C)(C)C)n1. The molecule has 2 rings (SSSR count). The molecule has 1 saturated heterocycles. The van der Waals surface area contributed by atoms with Gasteiger partial charge in [-0.2, -0.15) is 0 Å². The molecular formula is C16H28N4O. The zero-order valence-electron chi connectivity index (χ0n) is 13.7. The number of aliphatic hydroxyl groups is 1. The number of aromatic nitrogens is 2.